The van der Waals surface area contributed by atoms with Gasteiger partial charge in [-0.1, -0.05) is 19.9 Å². The number of nitrogens with one attached hydrogen (secondary N) is 2. The molecule has 0 aromatic carbocycles. The molecule has 4 N–H and O–H groups in total. The Morgan fingerprint density at radius 3 is 2.92 bits per heavy atom. The quantitative estimate of drug-likeness (QED) is 0.541. The Kier molecular flexibility index (Phi) is 3.31. The summed E-state index contributed by atoms with van der Waals surface area (Å²) in [5, 5.41) is 5.62. The molecule has 0 aromatic rings. The Labute approximate surface area is 77.8 Å². The lowest BCUT2D eigenvalue weighted by Crippen LogP contribution is -2.44. The second-order valence-corrected chi connectivity index (χ2v) is 2.78. The van der Waals surface area contributed by atoms with E-state index < -0.39 is 0 Å². The number of nitrogens with two attached hydrogens (primary N) is 1. The molecule has 72 valence electrons. The Balaban J connectivity index is 2.54. The number of hydrogen-bond donors (Lipinski definition) is 3. The summed E-state index contributed by atoms with van der Waals surface area (Å²) in [6.07, 6.45) is 2.18. The summed E-state index contributed by atoms with van der Waals surface area (Å²) in [6.45, 7) is 6.56. The third kappa shape index (κ3) is 3.14. The molecule has 5 nitrogen and oxygen atoms in total. The number of guanidine groups is 2. The van der Waals surface area contributed by atoms with Gasteiger partial charge >= 0.3 is 0 Å². The first kappa shape index (κ1) is 9.57. The molecule has 0 unspecified atom stereocenters. The van der Waals surface area contributed by atoms with Gasteiger partial charge in [0.05, 0.1) is 0 Å². The van der Waals surface area contributed by atoms with Crippen LogP contribution in [-0.2, 0) is 0 Å². The van der Waals surface area contributed by atoms with Gasteiger partial charge in [-0.25, -0.2) is 0 Å². The van der Waals surface area contributed by atoms with Crippen molar-refractivity contribution in [2.75, 3.05) is 6.54 Å². The normalized spacial score (nSPS) is 19.3. The molecular weight excluding hydrogens is 166 g/mol. The maximum absolute atomic E-state index is 5.48. The molecule has 0 amide bonds. The van der Waals surface area contributed by atoms with E-state index in [4.69, 9.17) is 5.73 Å². The molecule has 1 aliphatic heterocycles. The molecule has 0 spiro atoms. The van der Waals surface area contributed by atoms with Gasteiger partial charge in [0.1, 0.15) is 5.82 Å². The van der Waals surface area contributed by atoms with Gasteiger partial charge in [-0.2, -0.15) is 4.99 Å². The first-order valence-corrected chi connectivity index (χ1v) is 4.34. The number of aliphatic imine (C=N–C) groups is 2. The summed E-state index contributed by atoms with van der Waals surface area (Å²) in [7, 11) is 0. The molecule has 0 bridgehead atoms. The van der Waals surface area contributed by atoms with E-state index in [0.717, 1.165) is 19.4 Å². The van der Waals surface area contributed by atoms with E-state index in [2.05, 4.69) is 34.1 Å². The highest BCUT2D eigenvalue weighted by molar-refractivity contribution is 5.98. The smallest absolute Gasteiger partial charge is 0.226 e. The van der Waals surface area contributed by atoms with Crippen molar-refractivity contribution in [2.24, 2.45) is 15.7 Å². The SMILES string of the molecule is C=C1NC(N)=NC(=NCCCC)N1. The Morgan fingerprint density at radius 2 is 2.31 bits per heavy atom. The number of rotatable bonds is 3. The zero-order valence-corrected chi connectivity index (χ0v) is 7.80. The topological polar surface area (TPSA) is 74.8 Å². The van der Waals surface area contributed by atoms with Crippen molar-refractivity contribution in [2.45, 2.75) is 19.8 Å². The fourth-order valence-electron chi connectivity index (χ4n) is 0.909. The predicted molar refractivity (Wildman–Crippen MR) is 54.2 cm³/mol. The molecule has 0 saturated heterocycles. The average Bonchev–Trinajstić information content (AvgIpc) is 2.03. The standard InChI is InChI=1S/C8H15N5/c1-3-4-5-10-8-12-6(2)11-7(9)13-8/h2-5H2,1H3,(H4,9,10,11,12,13). The molecular formula is C8H15N5. The zero-order chi connectivity index (χ0) is 9.68. The average molecular weight is 181 g/mol. The largest absolute Gasteiger partial charge is 0.369 e. The number of nitrogens with zero attached hydrogens (tertiary/aromatic N) is 2. The van der Waals surface area contributed by atoms with Crippen LogP contribution in [0, 0.1) is 0 Å². The minimum absolute atomic E-state index is 0.332. The van der Waals surface area contributed by atoms with E-state index in [-0.39, 0.29) is 0 Å². The molecule has 1 aliphatic rings. The van der Waals surface area contributed by atoms with E-state index in [9.17, 15) is 0 Å². The molecule has 13 heavy (non-hydrogen) atoms. The summed E-state index contributed by atoms with van der Waals surface area (Å²) >= 11 is 0. The van der Waals surface area contributed by atoms with Crippen molar-refractivity contribution >= 4 is 11.9 Å². The van der Waals surface area contributed by atoms with Crippen LogP contribution >= 0.6 is 0 Å². The Hall–Kier alpha value is -1.52. The first-order valence-electron chi connectivity index (χ1n) is 4.34. The van der Waals surface area contributed by atoms with Gasteiger partial charge in [-0.3, -0.25) is 4.99 Å². The lowest BCUT2D eigenvalue weighted by molar-refractivity contribution is 0.798. The number of hydrogen-bond acceptors (Lipinski definition) is 3. The minimum atomic E-state index is 0.332. The molecule has 0 aliphatic carbocycles. The first-order chi connectivity index (χ1) is 6.22. The van der Waals surface area contributed by atoms with Gasteiger partial charge in [-0.15, -0.1) is 0 Å². The maximum Gasteiger partial charge on any atom is 0.226 e. The fourth-order valence-corrected chi connectivity index (χ4v) is 0.909. The zero-order valence-electron chi connectivity index (χ0n) is 7.80. The van der Waals surface area contributed by atoms with Gasteiger partial charge in [0.15, 0.2) is 0 Å². The van der Waals surface area contributed by atoms with Gasteiger partial charge < -0.3 is 16.4 Å². The van der Waals surface area contributed by atoms with Gasteiger partial charge in [0.25, 0.3) is 0 Å². The van der Waals surface area contributed by atoms with Crippen molar-refractivity contribution in [1.29, 1.82) is 0 Å². The predicted octanol–water partition coefficient (Wildman–Crippen LogP) is 0.121. The van der Waals surface area contributed by atoms with Crippen molar-refractivity contribution in [3.05, 3.63) is 12.4 Å². The maximum atomic E-state index is 5.48. The van der Waals surface area contributed by atoms with Crippen LogP contribution < -0.4 is 16.4 Å². The monoisotopic (exact) mass is 181 g/mol. The van der Waals surface area contributed by atoms with Gasteiger partial charge in [0.2, 0.25) is 11.9 Å². The lowest BCUT2D eigenvalue weighted by Gasteiger charge is -2.16. The molecule has 0 fully saturated rings. The van der Waals surface area contributed by atoms with Crippen molar-refractivity contribution < 1.29 is 0 Å². The van der Waals surface area contributed by atoms with E-state index in [1.165, 1.54) is 0 Å². The molecule has 0 aromatic heterocycles. The summed E-state index contributed by atoms with van der Waals surface area (Å²) < 4.78 is 0. The van der Waals surface area contributed by atoms with Crippen molar-refractivity contribution in [3.63, 3.8) is 0 Å². The summed E-state index contributed by atoms with van der Waals surface area (Å²) in [6, 6.07) is 0. The molecule has 1 rings (SSSR count). The summed E-state index contributed by atoms with van der Waals surface area (Å²) in [5.41, 5.74) is 5.48. The van der Waals surface area contributed by atoms with E-state index in [0.29, 0.717) is 17.7 Å². The number of unbranched alkanes of at least 4 members (excludes halogenated alkanes) is 1. The van der Waals surface area contributed by atoms with Crippen LogP contribution in [0.5, 0.6) is 0 Å². The highest BCUT2D eigenvalue weighted by atomic mass is 15.3. The minimum Gasteiger partial charge on any atom is -0.369 e. The second-order valence-electron chi connectivity index (χ2n) is 2.78. The van der Waals surface area contributed by atoms with Crippen LogP contribution in [-0.4, -0.2) is 18.5 Å². The van der Waals surface area contributed by atoms with E-state index >= 15 is 0 Å². The summed E-state index contributed by atoms with van der Waals surface area (Å²) in [5.74, 6) is 1.48. The Bertz CT molecular complexity index is 253. The highest BCUT2D eigenvalue weighted by Gasteiger charge is 2.07. The van der Waals surface area contributed by atoms with E-state index in [1.807, 2.05) is 0 Å². The van der Waals surface area contributed by atoms with Crippen molar-refractivity contribution in [3.8, 4) is 0 Å². The molecule has 5 heteroatoms. The van der Waals surface area contributed by atoms with Crippen LogP contribution in [0.15, 0.2) is 22.4 Å². The van der Waals surface area contributed by atoms with Crippen LogP contribution in [0.4, 0.5) is 0 Å². The third-order valence-electron chi connectivity index (χ3n) is 1.54. The van der Waals surface area contributed by atoms with E-state index in [1.54, 1.807) is 0 Å². The van der Waals surface area contributed by atoms with Gasteiger partial charge in [0, 0.05) is 6.54 Å². The van der Waals surface area contributed by atoms with Crippen LogP contribution in [0.25, 0.3) is 0 Å². The van der Waals surface area contributed by atoms with Crippen LogP contribution in [0.1, 0.15) is 19.8 Å². The Morgan fingerprint density at radius 1 is 1.54 bits per heavy atom. The van der Waals surface area contributed by atoms with Gasteiger partial charge in [-0.05, 0) is 6.42 Å². The molecule has 0 radical (unpaired) electrons. The molecule has 1 heterocycles. The van der Waals surface area contributed by atoms with Crippen molar-refractivity contribution in [1.82, 2.24) is 10.6 Å². The van der Waals surface area contributed by atoms with Crippen LogP contribution in [0.3, 0.4) is 0 Å². The molecule has 0 atom stereocenters. The fraction of sp³-hybridized carbons (Fsp3) is 0.500. The summed E-state index contributed by atoms with van der Waals surface area (Å²) in [4.78, 5) is 8.18. The third-order valence-corrected chi connectivity index (χ3v) is 1.54. The lowest BCUT2D eigenvalue weighted by atomic mass is 10.3. The second kappa shape index (κ2) is 4.49. The molecule has 0 saturated carbocycles. The van der Waals surface area contributed by atoms with Crippen LogP contribution in [0.2, 0.25) is 0 Å². The highest BCUT2D eigenvalue weighted by Crippen LogP contribution is 1.92.